The first-order valence-electron chi connectivity index (χ1n) is 7.09. The van der Waals surface area contributed by atoms with E-state index in [-0.39, 0.29) is 0 Å². The van der Waals surface area contributed by atoms with Crippen LogP contribution in [0, 0.1) is 5.41 Å². The maximum absolute atomic E-state index is 11.3. The van der Waals surface area contributed by atoms with Gasteiger partial charge in [0.05, 0.1) is 0 Å². The highest BCUT2D eigenvalue weighted by Gasteiger charge is 2.42. The Kier molecular flexibility index (Phi) is 3.70. The number of nitrogens with two attached hydrogens (primary N) is 1. The Labute approximate surface area is 110 Å². The van der Waals surface area contributed by atoms with Gasteiger partial charge < -0.3 is 10.8 Å². The van der Waals surface area contributed by atoms with Crippen molar-refractivity contribution < 1.29 is 9.90 Å². The summed E-state index contributed by atoms with van der Waals surface area (Å²) in [5, 5.41) is 9.27. The van der Waals surface area contributed by atoms with Crippen molar-refractivity contribution in [3.8, 4) is 0 Å². The minimum atomic E-state index is -0.996. The van der Waals surface area contributed by atoms with E-state index in [0.29, 0.717) is 24.3 Å². The first-order valence-corrected chi connectivity index (χ1v) is 7.09. The molecular formula is C14H26N2O2. The summed E-state index contributed by atoms with van der Waals surface area (Å²) in [7, 11) is 0. The number of likely N-dealkylation sites (tertiary alicyclic amines) is 1. The van der Waals surface area contributed by atoms with Crippen LogP contribution in [0.5, 0.6) is 0 Å². The fourth-order valence-corrected chi connectivity index (χ4v) is 3.56. The summed E-state index contributed by atoms with van der Waals surface area (Å²) >= 11 is 0. The van der Waals surface area contributed by atoms with Crippen molar-refractivity contribution in [2.75, 3.05) is 13.1 Å². The predicted octanol–water partition coefficient (Wildman–Crippen LogP) is 1.83. The van der Waals surface area contributed by atoms with Gasteiger partial charge in [-0.3, -0.25) is 9.69 Å². The standard InChI is InChI=1S/C14H26N2O2/c1-13(2)6-4-8-16(10-13)11-5-3-7-14(15,9-11)12(17)18/h11H,3-10,15H2,1-2H3,(H,17,18). The molecule has 1 saturated carbocycles. The monoisotopic (exact) mass is 254 g/mol. The Morgan fingerprint density at radius 3 is 2.67 bits per heavy atom. The highest BCUT2D eigenvalue weighted by Crippen LogP contribution is 2.35. The van der Waals surface area contributed by atoms with Gasteiger partial charge in [-0.05, 0) is 50.5 Å². The molecule has 0 radical (unpaired) electrons. The van der Waals surface area contributed by atoms with Gasteiger partial charge >= 0.3 is 5.97 Å². The zero-order valence-corrected chi connectivity index (χ0v) is 11.6. The van der Waals surface area contributed by atoms with Gasteiger partial charge in [0.1, 0.15) is 5.54 Å². The van der Waals surface area contributed by atoms with Crippen molar-refractivity contribution >= 4 is 5.97 Å². The summed E-state index contributed by atoms with van der Waals surface area (Å²) in [5.41, 5.74) is 5.40. The van der Waals surface area contributed by atoms with Crippen molar-refractivity contribution in [1.82, 2.24) is 4.90 Å². The molecule has 4 nitrogen and oxygen atoms in total. The molecule has 0 aromatic carbocycles. The van der Waals surface area contributed by atoms with E-state index >= 15 is 0 Å². The molecule has 3 N–H and O–H groups in total. The maximum Gasteiger partial charge on any atom is 0.323 e. The molecule has 0 aromatic rings. The molecule has 0 amide bonds. The van der Waals surface area contributed by atoms with E-state index in [1.807, 2.05) is 0 Å². The molecule has 18 heavy (non-hydrogen) atoms. The van der Waals surface area contributed by atoms with Crippen LogP contribution in [0.3, 0.4) is 0 Å². The summed E-state index contributed by atoms with van der Waals surface area (Å²) in [6, 6.07) is 0.361. The van der Waals surface area contributed by atoms with Crippen molar-refractivity contribution in [1.29, 1.82) is 0 Å². The van der Waals surface area contributed by atoms with Gasteiger partial charge in [-0.15, -0.1) is 0 Å². The Morgan fingerprint density at radius 2 is 2.06 bits per heavy atom. The van der Waals surface area contributed by atoms with Crippen molar-refractivity contribution in [3.63, 3.8) is 0 Å². The third-order valence-corrected chi connectivity index (χ3v) is 4.63. The van der Waals surface area contributed by atoms with E-state index in [0.717, 1.165) is 25.9 Å². The topological polar surface area (TPSA) is 66.6 Å². The van der Waals surface area contributed by atoms with Crippen LogP contribution < -0.4 is 5.73 Å². The van der Waals surface area contributed by atoms with Gasteiger partial charge in [0.2, 0.25) is 0 Å². The lowest BCUT2D eigenvalue weighted by Gasteiger charge is -2.46. The number of hydrogen-bond donors (Lipinski definition) is 2. The molecule has 0 bridgehead atoms. The average Bonchev–Trinajstić information content (AvgIpc) is 2.27. The first-order chi connectivity index (χ1) is 8.32. The SMILES string of the molecule is CC1(C)CCCN(C2CCCC(N)(C(=O)O)C2)C1. The van der Waals surface area contributed by atoms with Gasteiger partial charge in [0.15, 0.2) is 0 Å². The van der Waals surface area contributed by atoms with Crippen LogP contribution in [0.1, 0.15) is 52.4 Å². The average molecular weight is 254 g/mol. The number of carboxylic acid groups (broad SMARTS) is 1. The molecule has 1 heterocycles. The van der Waals surface area contributed by atoms with Crippen LogP contribution in [-0.4, -0.2) is 40.6 Å². The lowest BCUT2D eigenvalue weighted by molar-refractivity contribution is -0.145. The minimum absolute atomic E-state index is 0.357. The first kappa shape index (κ1) is 13.8. The Bertz CT molecular complexity index is 330. The molecule has 2 atom stereocenters. The molecule has 2 rings (SSSR count). The van der Waals surface area contributed by atoms with E-state index < -0.39 is 11.5 Å². The maximum atomic E-state index is 11.3. The number of piperidine rings is 1. The lowest BCUT2D eigenvalue weighted by Crippen LogP contribution is -2.57. The van der Waals surface area contributed by atoms with Gasteiger partial charge in [-0.25, -0.2) is 0 Å². The normalized spacial score (nSPS) is 37.4. The molecule has 1 saturated heterocycles. The Morgan fingerprint density at radius 1 is 1.33 bits per heavy atom. The third-order valence-electron chi connectivity index (χ3n) is 4.63. The van der Waals surface area contributed by atoms with Crippen molar-refractivity contribution in [3.05, 3.63) is 0 Å². The third kappa shape index (κ3) is 2.86. The summed E-state index contributed by atoms with van der Waals surface area (Å²) in [4.78, 5) is 13.8. The largest absolute Gasteiger partial charge is 0.480 e. The number of rotatable bonds is 2. The van der Waals surface area contributed by atoms with Gasteiger partial charge in [0, 0.05) is 12.6 Å². The highest BCUT2D eigenvalue weighted by molar-refractivity contribution is 5.78. The zero-order valence-electron chi connectivity index (χ0n) is 11.6. The van der Waals surface area contributed by atoms with Crippen LogP contribution in [0.15, 0.2) is 0 Å². The quantitative estimate of drug-likeness (QED) is 0.789. The van der Waals surface area contributed by atoms with Gasteiger partial charge in [-0.2, -0.15) is 0 Å². The fraction of sp³-hybridized carbons (Fsp3) is 0.929. The molecule has 1 aliphatic heterocycles. The second-order valence-electron chi connectivity index (χ2n) is 6.95. The molecule has 0 spiro atoms. The van der Waals surface area contributed by atoms with E-state index in [2.05, 4.69) is 18.7 Å². The van der Waals surface area contributed by atoms with Crippen LogP contribution >= 0.6 is 0 Å². The molecule has 0 aromatic heterocycles. The number of aliphatic carboxylic acids is 1. The summed E-state index contributed by atoms with van der Waals surface area (Å²) in [6.45, 7) is 6.78. The predicted molar refractivity (Wildman–Crippen MR) is 71.4 cm³/mol. The van der Waals surface area contributed by atoms with Gasteiger partial charge in [-0.1, -0.05) is 13.8 Å². The van der Waals surface area contributed by atoms with Crippen LogP contribution in [0.4, 0.5) is 0 Å². The smallest absolute Gasteiger partial charge is 0.323 e. The molecule has 2 unspecified atom stereocenters. The van der Waals surface area contributed by atoms with Crippen LogP contribution in [-0.2, 0) is 4.79 Å². The van der Waals surface area contributed by atoms with E-state index in [1.165, 1.54) is 12.8 Å². The second-order valence-corrected chi connectivity index (χ2v) is 6.95. The second kappa shape index (κ2) is 4.82. The van der Waals surface area contributed by atoms with Crippen molar-refractivity contribution in [2.45, 2.75) is 64.0 Å². The van der Waals surface area contributed by atoms with Crippen molar-refractivity contribution in [2.24, 2.45) is 11.1 Å². The molecule has 4 heteroatoms. The Hall–Kier alpha value is -0.610. The summed E-state index contributed by atoms with van der Waals surface area (Å²) < 4.78 is 0. The fourth-order valence-electron chi connectivity index (χ4n) is 3.56. The van der Waals surface area contributed by atoms with E-state index in [1.54, 1.807) is 0 Å². The minimum Gasteiger partial charge on any atom is -0.480 e. The molecule has 104 valence electrons. The number of carboxylic acids is 1. The van der Waals surface area contributed by atoms with E-state index in [9.17, 15) is 9.90 Å². The van der Waals surface area contributed by atoms with Crippen LogP contribution in [0.25, 0.3) is 0 Å². The number of carbonyl (C=O) groups is 1. The molecule has 2 aliphatic rings. The van der Waals surface area contributed by atoms with E-state index in [4.69, 9.17) is 5.73 Å². The zero-order chi connectivity index (χ0) is 13.4. The molecule has 2 fully saturated rings. The number of hydrogen-bond acceptors (Lipinski definition) is 3. The summed E-state index contributed by atoms with van der Waals surface area (Å²) in [6.07, 6.45) is 5.75. The summed E-state index contributed by atoms with van der Waals surface area (Å²) in [5.74, 6) is -0.830. The van der Waals surface area contributed by atoms with Crippen LogP contribution in [0.2, 0.25) is 0 Å². The molecule has 1 aliphatic carbocycles. The molecular weight excluding hydrogens is 228 g/mol. The highest BCUT2D eigenvalue weighted by atomic mass is 16.4. The Balaban J connectivity index is 2.03. The van der Waals surface area contributed by atoms with Gasteiger partial charge in [0.25, 0.3) is 0 Å². The lowest BCUT2D eigenvalue weighted by atomic mass is 9.77. The number of nitrogens with zero attached hydrogens (tertiary/aromatic N) is 1.